The lowest BCUT2D eigenvalue weighted by Crippen LogP contribution is -2.28. The third-order valence-electron chi connectivity index (χ3n) is 3.33. The lowest BCUT2D eigenvalue weighted by Gasteiger charge is -2.19. The van der Waals surface area contributed by atoms with Crippen LogP contribution >= 0.6 is 38.9 Å². The second-order valence-electron chi connectivity index (χ2n) is 4.79. The van der Waals surface area contributed by atoms with E-state index in [0.717, 1.165) is 28.4 Å². The first kappa shape index (κ1) is 17.4. The summed E-state index contributed by atoms with van der Waals surface area (Å²) in [6.07, 6.45) is 2.47. The van der Waals surface area contributed by atoms with Gasteiger partial charge in [-0.3, -0.25) is 0 Å². The van der Waals surface area contributed by atoms with Gasteiger partial charge in [-0.1, -0.05) is 25.4 Å². The molecule has 0 saturated heterocycles. The van der Waals surface area contributed by atoms with Crippen molar-refractivity contribution < 1.29 is 0 Å². The van der Waals surface area contributed by atoms with Gasteiger partial charge >= 0.3 is 0 Å². The highest BCUT2D eigenvalue weighted by atomic mass is 79.9. The Morgan fingerprint density at radius 1 is 1.42 bits per heavy atom. The lowest BCUT2D eigenvalue weighted by molar-refractivity contribution is 0.290. The molecule has 0 aromatic carbocycles. The standard InChI is InChI=1S/C14H24BrClN2S/c1-4-18(5-2)8-6-7-11(3)17-10-12-9-13(15)14(16)19-12/h9,11,17H,4-8,10H2,1-3H3. The van der Waals surface area contributed by atoms with Gasteiger partial charge in [-0.15, -0.1) is 11.3 Å². The highest BCUT2D eigenvalue weighted by molar-refractivity contribution is 9.10. The Kier molecular flexibility index (Phi) is 8.58. The van der Waals surface area contributed by atoms with Crippen LogP contribution in [0.2, 0.25) is 4.34 Å². The SMILES string of the molecule is CCN(CC)CCCC(C)NCc1cc(Br)c(Cl)s1. The zero-order chi connectivity index (χ0) is 14.3. The van der Waals surface area contributed by atoms with E-state index in [1.54, 1.807) is 11.3 Å². The Morgan fingerprint density at radius 3 is 2.63 bits per heavy atom. The van der Waals surface area contributed by atoms with Gasteiger partial charge in [0.2, 0.25) is 0 Å². The lowest BCUT2D eigenvalue weighted by atomic mass is 10.1. The number of hydrogen-bond donors (Lipinski definition) is 1. The average molecular weight is 368 g/mol. The van der Waals surface area contributed by atoms with Crippen LogP contribution in [0.15, 0.2) is 10.5 Å². The van der Waals surface area contributed by atoms with Gasteiger partial charge in [0.25, 0.3) is 0 Å². The topological polar surface area (TPSA) is 15.3 Å². The molecule has 1 aromatic rings. The van der Waals surface area contributed by atoms with E-state index in [1.165, 1.54) is 24.3 Å². The fraction of sp³-hybridized carbons (Fsp3) is 0.714. The minimum atomic E-state index is 0.551. The molecular weight excluding hydrogens is 344 g/mol. The van der Waals surface area contributed by atoms with Crippen LogP contribution in [0.25, 0.3) is 0 Å². The molecule has 0 aliphatic rings. The van der Waals surface area contributed by atoms with Crippen LogP contribution in [-0.2, 0) is 6.54 Å². The Morgan fingerprint density at radius 2 is 2.11 bits per heavy atom. The maximum atomic E-state index is 6.03. The molecule has 0 fully saturated rings. The van der Waals surface area contributed by atoms with Gasteiger partial charge < -0.3 is 10.2 Å². The summed E-state index contributed by atoms with van der Waals surface area (Å²) in [5.74, 6) is 0. The fourth-order valence-electron chi connectivity index (χ4n) is 2.02. The average Bonchev–Trinajstić information content (AvgIpc) is 2.72. The van der Waals surface area contributed by atoms with E-state index >= 15 is 0 Å². The van der Waals surface area contributed by atoms with Crippen LogP contribution < -0.4 is 5.32 Å². The van der Waals surface area contributed by atoms with Crippen molar-refractivity contribution in [2.24, 2.45) is 0 Å². The Hall–Kier alpha value is 0.390. The molecule has 1 heterocycles. The number of hydrogen-bond acceptors (Lipinski definition) is 3. The summed E-state index contributed by atoms with van der Waals surface area (Å²) in [4.78, 5) is 3.76. The van der Waals surface area contributed by atoms with E-state index in [9.17, 15) is 0 Å². The summed E-state index contributed by atoms with van der Waals surface area (Å²) in [7, 11) is 0. The Bertz CT molecular complexity index is 347. The van der Waals surface area contributed by atoms with Crippen molar-refractivity contribution in [2.45, 2.75) is 46.2 Å². The number of rotatable bonds is 9. The number of nitrogens with zero attached hydrogens (tertiary/aromatic N) is 1. The second-order valence-corrected chi connectivity index (χ2v) is 7.38. The van der Waals surface area contributed by atoms with Crippen LogP contribution in [0.1, 0.15) is 38.5 Å². The van der Waals surface area contributed by atoms with E-state index in [2.05, 4.69) is 53.0 Å². The molecule has 1 unspecified atom stereocenters. The van der Waals surface area contributed by atoms with Gasteiger partial charge in [0.05, 0.1) is 0 Å². The number of thiophene rings is 1. The van der Waals surface area contributed by atoms with Crippen molar-refractivity contribution in [2.75, 3.05) is 19.6 Å². The minimum Gasteiger partial charge on any atom is -0.309 e. The summed E-state index contributed by atoms with van der Waals surface area (Å²) < 4.78 is 1.84. The smallest absolute Gasteiger partial charge is 0.107 e. The first-order valence-corrected chi connectivity index (χ1v) is 8.95. The van der Waals surface area contributed by atoms with Crippen molar-refractivity contribution in [3.05, 3.63) is 19.8 Å². The van der Waals surface area contributed by atoms with E-state index in [4.69, 9.17) is 11.6 Å². The molecule has 0 saturated carbocycles. The number of halogens is 2. The molecule has 1 aromatic heterocycles. The van der Waals surface area contributed by atoms with Gasteiger partial charge in [0, 0.05) is 21.9 Å². The molecule has 0 bridgehead atoms. The minimum absolute atomic E-state index is 0.551. The molecule has 2 nitrogen and oxygen atoms in total. The molecule has 1 atom stereocenters. The maximum absolute atomic E-state index is 6.03. The third kappa shape index (κ3) is 6.58. The van der Waals surface area contributed by atoms with Gasteiger partial charge in [-0.05, 0) is 61.4 Å². The fourth-order valence-corrected chi connectivity index (χ4v) is 3.76. The molecule has 5 heteroatoms. The van der Waals surface area contributed by atoms with Crippen molar-refractivity contribution >= 4 is 38.9 Å². The van der Waals surface area contributed by atoms with E-state index in [-0.39, 0.29) is 0 Å². The summed E-state index contributed by atoms with van der Waals surface area (Å²) >= 11 is 11.1. The normalized spacial score (nSPS) is 13.2. The maximum Gasteiger partial charge on any atom is 0.107 e. The molecular formula is C14H24BrClN2S. The first-order valence-electron chi connectivity index (χ1n) is 6.96. The molecule has 0 amide bonds. The molecule has 110 valence electrons. The summed E-state index contributed by atoms with van der Waals surface area (Å²) in [6.45, 7) is 11.1. The highest BCUT2D eigenvalue weighted by Gasteiger charge is 2.07. The Labute approximate surface area is 134 Å². The molecule has 0 aliphatic carbocycles. The predicted molar refractivity (Wildman–Crippen MR) is 90.4 cm³/mol. The van der Waals surface area contributed by atoms with Crippen LogP contribution in [0.3, 0.4) is 0 Å². The second kappa shape index (κ2) is 9.35. The molecule has 1 rings (SSSR count). The van der Waals surface area contributed by atoms with Gasteiger partial charge in [0.15, 0.2) is 0 Å². The van der Waals surface area contributed by atoms with Crippen LogP contribution in [0.5, 0.6) is 0 Å². The van der Waals surface area contributed by atoms with Crippen molar-refractivity contribution in [3.8, 4) is 0 Å². The van der Waals surface area contributed by atoms with Gasteiger partial charge in [-0.25, -0.2) is 0 Å². The van der Waals surface area contributed by atoms with Crippen molar-refractivity contribution in [1.29, 1.82) is 0 Å². The number of nitrogens with one attached hydrogen (secondary N) is 1. The zero-order valence-electron chi connectivity index (χ0n) is 12.0. The van der Waals surface area contributed by atoms with Crippen LogP contribution in [-0.4, -0.2) is 30.6 Å². The molecule has 0 radical (unpaired) electrons. The molecule has 0 aliphatic heterocycles. The van der Waals surface area contributed by atoms with Crippen LogP contribution in [0, 0.1) is 0 Å². The molecule has 19 heavy (non-hydrogen) atoms. The van der Waals surface area contributed by atoms with E-state index in [0.29, 0.717) is 6.04 Å². The first-order chi connectivity index (χ1) is 9.06. The van der Waals surface area contributed by atoms with Gasteiger partial charge in [-0.2, -0.15) is 0 Å². The predicted octanol–water partition coefficient (Wildman–Crippen LogP) is 4.76. The van der Waals surface area contributed by atoms with E-state index in [1.807, 2.05) is 0 Å². The molecule has 0 spiro atoms. The Balaban J connectivity index is 2.19. The van der Waals surface area contributed by atoms with Crippen molar-refractivity contribution in [3.63, 3.8) is 0 Å². The largest absolute Gasteiger partial charge is 0.309 e. The zero-order valence-corrected chi connectivity index (χ0v) is 15.2. The molecule has 1 N–H and O–H groups in total. The van der Waals surface area contributed by atoms with E-state index < -0.39 is 0 Å². The summed E-state index contributed by atoms with van der Waals surface area (Å²) in [5.41, 5.74) is 0. The summed E-state index contributed by atoms with van der Waals surface area (Å²) in [6, 6.07) is 2.65. The summed E-state index contributed by atoms with van der Waals surface area (Å²) in [5, 5.41) is 3.56. The monoisotopic (exact) mass is 366 g/mol. The highest BCUT2D eigenvalue weighted by Crippen LogP contribution is 2.31. The van der Waals surface area contributed by atoms with Crippen LogP contribution in [0.4, 0.5) is 0 Å². The third-order valence-corrected chi connectivity index (χ3v) is 5.80. The van der Waals surface area contributed by atoms with Crippen molar-refractivity contribution in [1.82, 2.24) is 10.2 Å². The van der Waals surface area contributed by atoms with Gasteiger partial charge in [0.1, 0.15) is 4.34 Å². The quantitative estimate of drug-likeness (QED) is 0.676.